The molecule has 0 saturated heterocycles. The van der Waals surface area contributed by atoms with E-state index in [0.717, 1.165) is 4.88 Å². The van der Waals surface area contributed by atoms with Crippen LogP contribution in [0.1, 0.15) is 23.7 Å². The maximum atomic E-state index is 12.0. The van der Waals surface area contributed by atoms with Gasteiger partial charge in [0.2, 0.25) is 0 Å². The lowest BCUT2D eigenvalue weighted by Gasteiger charge is -2.11. The van der Waals surface area contributed by atoms with Gasteiger partial charge in [0.1, 0.15) is 0 Å². The van der Waals surface area contributed by atoms with Crippen LogP contribution in [0.4, 0.5) is 0 Å². The summed E-state index contributed by atoms with van der Waals surface area (Å²) in [5, 5.41) is 2.43. The zero-order valence-electron chi connectivity index (χ0n) is 12.4. The number of carbonyl (C=O) groups is 1. The van der Waals surface area contributed by atoms with E-state index in [1.165, 1.54) is 17.4 Å². The van der Waals surface area contributed by atoms with Crippen LogP contribution in [0.3, 0.4) is 0 Å². The van der Waals surface area contributed by atoms with E-state index < -0.39 is 12.1 Å². The van der Waals surface area contributed by atoms with E-state index in [0.29, 0.717) is 16.7 Å². The number of nitrogens with zero attached hydrogens (tertiary/aromatic N) is 1. The lowest BCUT2D eigenvalue weighted by atomic mass is 10.2. The Kier molecular flexibility index (Phi) is 4.34. The average molecular weight is 326 g/mol. The van der Waals surface area contributed by atoms with E-state index in [2.05, 4.69) is 9.97 Å². The van der Waals surface area contributed by atoms with Crippen LogP contribution in [-0.2, 0) is 9.53 Å². The predicted molar refractivity (Wildman–Crippen MR) is 90.2 cm³/mol. The van der Waals surface area contributed by atoms with E-state index in [-0.39, 0.29) is 5.56 Å². The van der Waals surface area contributed by atoms with Crippen LogP contribution in [-0.4, -0.2) is 15.9 Å². The van der Waals surface area contributed by atoms with Crippen LogP contribution < -0.4 is 5.56 Å². The molecule has 0 radical (unpaired) electrons. The summed E-state index contributed by atoms with van der Waals surface area (Å²) < 4.78 is 5.28. The van der Waals surface area contributed by atoms with Crippen LogP contribution in [0.5, 0.6) is 0 Å². The highest BCUT2D eigenvalue weighted by Crippen LogP contribution is 2.15. The summed E-state index contributed by atoms with van der Waals surface area (Å²) in [5.41, 5.74) is 0.325. The summed E-state index contributed by atoms with van der Waals surface area (Å²) in [5.74, 6) is -0.159. The number of nitrogens with one attached hydrogen (secondary N) is 1. The number of H-pyrrole nitrogens is 1. The van der Waals surface area contributed by atoms with Crippen molar-refractivity contribution in [3.05, 3.63) is 68.9 Å². The Labute approximate surface area is 136 Å². The monoisotopic (exact) mass is 326 g/mol. The van der Waals surface area contributed by atoms with Gasteiger partial charge in [0.15, 0.2) is 11.9 Å². The zero-order chi connectivity index (χ0) is 16.2. The Morgan fingerprint density at radius 2 is 2.13 bits per heavy atom. The van der Waals surface area contributed by atoms with Crippen molar-refractivity contribution >= 4 is 34.3 Å². The number of fused-ring (bicyclic) bond motifs is 1. The van der Waals surface area contributed by atoms with E-state index in [9.17, 15) is 9.59 Å². The van der Waals surface area contributed by atoms with Crippen molar-refractivity contribution in [1.29, 1.82) is 0 Å². The first kappa shape index (κ1) is 15.2. The SMILES string of the molecule is C[C@H](OC(=O)/C=C/c1cccs1)c1nc2ccccc2c(=O)[nH]1. The molecule has 5 nitrogen and oxygen atoms in total. The van der Waals surface area contributed by atoms with Crippen molar-refractivity contribution < 1.29 is 9.53 Å². The lowest BCUT2D eigenvalue weighted by molar-refractivity contribution is -0.142. The number of para-hydroxylation sites is 1. The van der Waals surface area contributed by atoms with Crippen molar-refractivity contribution in [2.75, 3.05) is 0 Å². The molecule has 0 fully saturated rings. The van der Waals surface area contributed by atoms with Gasteiger partial charge in [-0.15, -0.1) is 11.3 Å². The van der Waals surface area contributed by atoms with Crippen molar-refractivity contribution in [3.8, 4) is 0 Å². The molecule has 6 heteroatoms. The quantitative estimate of drug-likeness (QED) is 0.590. The normalized spacial score (nSPS) is 12.6. The fourth-order valence-corrected chi connectivity index (χ4v) is 2.72. The van der Waals surface area contributed by atoms with Crippen LogP contribution >= 0.6 is 11.3 Å². The topological polar surface area (TPSA) is 72.0 Å². The Morgan fingerprint density at radius 3 is 2.91 bits per heavy atom. The lowest BCUT2D eigenvalue weighted by Crippen LogP contribution is -2.16. The Morgan fingerprint density at radius 1 is 1.30 bits per heavy atom. The number of aromatic amines is 1. The highest BCUT2D eigenvalue weighted by atomic mass is 32.1. The third kappa shape index (κ3) is 3.54. The summed E-state index contributed by atoms with van der Waals surface area (Å²) in [4.78, 5) is 31.8. The standard InChI is InChI=1S/C17H14N2O3S/c1-11(22-15(20)9-8-12-5-4-10-23-12)16-18-14-7-3-2-6-13(14)17(21)19-16/h2-11H,1H3,(H,18,19,21)/b9-8+/t11-/m0/s1. The highest BCUT2D eigenvalue weighted by molar-refractivity contribution is 7.10. The molecule has 0 saturated carbocycles. The molecule has 0 unspecified atom stereocenters. The average Bonchev–Trinajstić information content (AvgIpc) is 3.06. The molecule has 2 aromatic heterocycles. The minimum Gasteiger partial charge on any atom is -0.451 e. The van der Waals surface area contributed by atoms with Gasteiger partial charge in [0.05, 0.1) is 10.9 Å². The van der Waals surface area contributed by atoms with Gasteiger partial charge in [-0.3, -0.25) is 4.79 Å². The number of hydrogen-bond donors (Lipinski definition) is 1. The molecule has 2 heterocycles. The number of carbonyl (C=O) groups excluding carboxylic acids is 1. The van der Waals surface area contributed by atoms with E-state index in [1.807, 2.05) is 17.5 Å². The van der Waals surface area contributed by atoms with Gasteiger partial charge in [-0.2, -0.15) is 0 Å². The summed E-state index contributed by atoms with van der Waals surface area (Å²) in [7, 11) is 0. The smallest absolute Gasteiger partial charge is 0.331 e. The van der Waals surface area contributed by atoms with Gasteiger partial charge in [0.25, 0.3) is 5.56 Å². The van der Waals surface area contributed by atoms with Crippen molar-refractivity contribution in [2.24, 2.45) is 0 Å². The second kappa shape index (κ2) is 6.58. The third-order valence-electron chi connectivity index (χ3n) is 3.24. The molecule has 0 aliphatic rings. The number of thiophene rings is 1. The summed E-state index contributed by atoms with van der Waals surface area (Å²) in [6, 6.07) is 10.8. The largest absolute Gasteiger partial charge is 0.451 e. The Bertz CT molecular complexity index is 913. The maximum Gasteiger partial charge on any atom is 0.331 e. The molecule has 0 bridgehead atoms. The fraction of sp³-hybridized carbons (Fsp3) is 0.118. The third-order valence-corrected chi connectivity index (χ3v) is 4.07. The number of ether oxygens (including phenoxy) is 1. The second-order valence-corrected chi connectivity index (χ2v) is 5.88. The molecular weight excluding hydrogens is 312 g/mol. The number of hydrogen-bond acceptors (Lipinski definition) is 5. The first-order valence-corrected chi connectivity index (χ1v) is 7.92. The number of aromatic nitrogens is 2. The molecular formula is C17H14N2O3S. The van der Waals surface area contributed by atoms with Crippen molar-refractivity contribution in [1.82, 2.24) is 9.97 Å². The minimum atomic E-state index is -0.646. The zero-order valence-corrected chi connectivity index (χ0v) is 13.2. The van der Waals surface area contributed by atoms with Crippen molar-refractivity contribution in [3.63, 3.8) is 0 Å². The number of rotatable bonds is 4. The second-order valence-electron chi connectivity index (χ2n) is 4.90. The summed E-state index contributed by atoms with van der Waals surface area (Å²) in [6.07, 6.45) is 2.41. The Hall–Kier alpha value is -2.73. The van der Waals surface area contributed by atoms with Crippen LogP contribution in [0, 0.1) is 0 Å². The molecule has 0 aliphatic heterocycles. The van der Waals surface area contributed by atoms with Gasteiger partial charge in [-0.05, 0) is 36.6 Å². The molecule has 1 atom stereocenters. The molecule has 23 heavy (non-hydrogen) atoms. The maximum absolute atomic E-state index is 12.0. The predicted octanol–water partition coefficient (Wildman–Crippen LogP) is 3.30. The summed E-state index contributed by atoms with van der Waals surface area (Å²) >= 11 is 1.53. The van der Waals surface area contributed by atoms with Gasteiger partial charge in [0, 0.05) is 11.0 Å². The molecule has 3 rings (SSSR count). The van der Waals surface area contributed by atoms with Crippen LogP contribution in [0.25, 0.3) is 17.0 Å². The Balaban J connectivity index is 1.76. The van der Waals surface area contributed by atoms with Gasteiger partial charge in [-0.1, -0.05) is 18.2 Å². The number of esters is 1. The first-order chi connectivity index (χ1) is 11.1. The molecule has 0 spiro atoms. The molecule has 0 amide bonds. The molecule has 0 aliphatic carbocycles. The van der Waals surface area contributed by atoms with Crippen LogP contribution in [0.2, 0.25) is 0 Å². The van der Waals surface area contributed by atoms with Gasteiger partial charge >= 0.3 is 5.97 Å². The van der Waals surface area contributed by atoms with E-state index in [1.54, 1.807) is 37.3 Å². The first-order valence-electron chi connectivity index (χ1n) is 7.04. The molecule has 1 aromatic carbocycles. The molecule has 116 valence electrons. The fourth-order valence-electron chi connectivity index (χ4n) is 2.10. The van der Waals surface area contributed by atoms with Gasteiger partial charge < -0.3 is 9.72 Å². The summed E-state index contributed by atoms with van der Waals surface area (Å²) in [6.45, 7) is 1.67. The van der Waals surface area contributed by atoms with Gasteiger partial charge in [-0.25, -0.2) is 9.78 Å². The van der Waals surface area contributed by atoms with E-state index >= 15 is 0 Å². The van der Waals surface area contributed by atoms with Crippen molar-refractivity contribution in [2.45, 2.75) is 13.0 Å². The highest BCUT2D eigenvalue weighted by Gasteiger charge is 2.14. The van der Waals surface area contributed by atoms with E-state index in [4.69, 9.17) is 4.74 Å². The molecule has 3 aromatic rings. The minimum absolute atomic E-state index is 0.248. The number of benzene rings is 1. The van der Waals surface area contributed by atoms with Crippen LogP contribution in [0.15, 0.2) is 52.6 Å². The molecule has 1 N–H and O–H groups in total.